The number of nitrogens with zero attached hydrogens (tertiary/aromatic N) is 2. The van der Waals surface area contributed by atoms with Gasteiger partial charge in [-0.25, -0.2) is 9.07 Å². The third-order valence-corrected chi connectivity index (χ3v) is 3.58. The fraction of sp³-hybridized carbons (Fsp3) is 0.0625. The van der Waals surface area contributed by atoms with Crippen molar-refractivity contribution in [3.05, 3.63) is 76.8 Å². The van der Waals surface area contributed by atoms with Gasteiger partial charge in [0.25, 0.3) is 0 Å². The summed E-state index contributed by atoms with van der Waals surface area (Å²) in [7, 11) is 0. The molecule has 0 radical (unpaired) electrons. The monoisotopic (exact) mass is 346 g/mol. The third kappa shape index (κ3) is 3.31. The van der Waals surface area contributed by atoms with Gasteiger partial charge >= 0.3 is 0 Å². The topological polar surface area (TPSA) is 27.1 Å². The normalized spacial score (nSPS) is 10.6. The van der Waals surface area contributed by atoms with Crippen LogP contribution in [0.2, 0.25) is 0 Å². The van der Waals surface area contributed by atoms with Crippen molar-refractivity contribution in [3.8, 4) is 11.4 Å². The van der Waals surface area contributed by atoms with E-state index in [4.69, 9.17) is 4.74 Å². The van der Waals surface area contributed by atoms with E-state index in [1.165, 1.54) is 12.1 Å². The minimum Gasteiger partial charge on any atom is -0.486 e. The van der Waals surface area contributed by atoms with Crippen molar-refractivity contribution in [2.75, 3.05) is 0 Å². The van der Waals surface area contributed by atoms with E-state index in [1.54, 1.807) is 23.0 Å². The molecule has 0 spiro atoms. The largest absolute Gasteiger partial charge is 0.486 e. The number of para-hydroxylation sites is 1. The summed E-state index contributed by atoms with van der Waals surface area (Å²) in [5.74, 6) is 0.479. The molecule has 0 atom stereocenters. The molecule has 0 saturated carbocycles. The van der Waals surface area contributed by atoms with Crippen LogP contribution in [0.5, 0.6) is 5.75 Å². The maximum atomic E-state index is 13.2. The van der Waals surface area contributed by atoms with Crippen molar-refractivity contribution < 1.29 is 9.13 Å². The molecule has 5 heteroatoms. The van der Waals surface area contributed by atoms with Crippen LogP contribution in [0, 0.1) is 5.82 Å². The van der Waals surface area contributed by atoms with Crippen LogP contribution < -0.4 is 4.74 Å². The Morgan fingerprint density at radius 1 is 1.10 bits per heavy atom. The molecule has 106 valence electrons. The van der Waals surface area contributed by atoms with Crippen molar-refractivity contribution in [1.82, 2.24) is 9.78 Å². The summed E-state index contributed by atoms with van der Waals surface area (Å²) in [6, 6.07) is 15.8. The van der Waals surface area contributed by atoms with Crippen LogP contribution in [0.3, 0.4) is 0 Å². The summed E-state index contributed by atoms with van der Waals surface area (Å²) in [6.07, 6.45) is 1.79. The van der Waals surface area contributed by atoms with Crippen LogP contribution in [-0.4, -0.2) is 9.78 Å². The number of benzene rings is 2. The Balaban J connectivity index is 1.72. The molecule has 1 heterocycles. The number of hydrogen-bond acceptors (Lipinski definition) is 2. The predicted molar refractivity (Wildman–Crippen MR) is 82.0 cm³/mol. The smallest absolute Gasteiger partial charge is 0.134 e. The first-order valence-electron chi connectivity index (χ1n) is 6.40. The molecule has 0 fully saturated rings. The molecule has 21 heavy (non-hydrogen) atoms. The van der Waals surface area contributed by atoms with Crippen LogP contribution in [0.1, 0.15) is 5.69 Å². The molecular weight excluding hydrogens is 335 g/mol. The van der Waals surface area contributed by atoms with E-state index in [1.807, 2.05) is 30.3 Å². The van der Waals surface area contributed by atoms with E-state index in [9.17, 15) is 4.39 Å². The number of ether oxygens (including phenoxy) is 1. The standard InChI is InChI=1S/C16H12BrFN2O/c17-15-6-1-2-7-16(15)21-11-13-8-9-20(19-13)14-5-3-4-12(18)10-14/h1-10H,11H2. The van der Waals surface area contributed by atoms with E-state index in [0.717, 1.165) is 15.9 Å². The first kappa shape index (κ1) is 13.8. The van der Waals surface area contributed by atoms with Crippen LogP contribution in [0.25, 0.3) is 5.69 Å². The molecule has 1 aromatic heterocycles. The molecule has 0 amide bonds. The van der Waals surface area contributed by atoms with Gasteiger partial charge in [0, 0.05) is 6.20 Å². The first-order chi connectivity index (χ1) is 10.2. The summed E-state index contributed by atoms with van der Waals surface area (Å²) in [6.45, 7) is 0.352. The second-order valence-electron chi connectivity index (χ2n) is 4.45. The molecule has 3 nitrogen and oxygen atoms in total. The van der Waals surface area contributed by atoms with Crippen molar-refractivity contribution in [2.24, 2.45) is 0 Å². The van der Waals surface area contributed by atoms with Crippen LogP contribution in [0.4, 0.5) is 4.39 Å². The van der Waals surface area contributed by atoms with Gasteiger partial charge in [-0.05, 0) is 52.3 Å². The summed E-state index contributed by atoms with van der Waals surface area (Å²) in [5.41, 5.74) is 1.46. The van der Waals surface area contributed by atoms with E-state index < -0.39 is 0 Å². The maximum Gasteiger partial charge on any atom is 0.134 e. The van der Waals surface area contributed by atoms with Crippen LogP contribution in [0.15, 0.2) is 65.3 Å². The fourth-order valence-electron chi connectivity index (χ4n) is 1.91. The van der Waals surface area contributed by atoms with Gasteiger partial charge in [-0.1, -0.05) is 18.2 Å². The van der Waals surface area contributed by atoms with E-state index >= 15 is 0 Å². The lowest BCUT2D eigenvalue weighted by Gasteiger charge is -2.06. The van der Waals surface area contributed by atoms with Crippen molar-refractivity contribution in [1.29, 1.82) is 0 Å². The predicted octanol–water partition coefficient (Wildman–Crippen LogP) is 4.35. The molecule has 3 rings (SSSR count). The Hall–Kier alpha value is -2.14. The molecule has 3 aromatic rings. The highest BCUT2D eigenvalue weighted by atomic mass is 79.9. The molecular formula is C16H12BrFN2O. The van der Waals surface area contributed by atoms with Gasteiger partial charge in [-0.15, -0.1) is 0 Å². The molecule has 0 aliphatic rings. The Morgan fingerprint density at radius 3 is 2.76 bits per heavy atom. The van der Waals surface area contributed by atoms with Crippen molar-refractivity contribution in [2.45, 2.75) is 6.61 Å². The van der Waals surface area contributed by atoms with E-state index in [0.29, 0.717) is 12.3 Å². The van der Waals surface area contributed by atoms with Gasteiger partial charge in [0.1, 0.15) is 23.9 Å². The zero-order valence-corrected chi connectivity index (χ0v) is 12.6. The minimum atomic E-state index is -0.283. The highest BCUT2D eigenvalue weighted by molar-refractivity contribution is 9.10. The van der Waals surface area contributed by atoms with Gasteiger partial charge in [0.05, 0.1) is 10.2 Å². The SMILES string of the molecule is Fc1cccc(-n2ccc(COc3ccccc3Br)n2)c1. The zero-order valence-electron chi connectivity index (χ0n) is 11.0. The van der Waals surface area contributed by atoms with Crippen LogP contribution in [-0.2, 0) is 6.61 Å². The lowest BCUT2D eigenvalue weighted by atomic mass is 10.3. The van der Waals surface area contributed by atoms with Gasteiger partial charge < -0.3 is 4.74 Å². The fourth-order valence-corrected chi connectivity index (χ4v) is 2.31. The average Bonchev–Trinajstić information content (AvgIpc) is 2.95. The zero-order chi connectivity index (χ0) is 14.7. The molecule has 0 saturated heterocycles. The second kappa shape index (κ2) is 6.10. The highest BCUT2D eigenvalue weighted by Gasteiger charge is 2.05. The molecule has 0 aliphatic carbocycles. The summed E-state index contributed by atoms with van der Waals surface area (Å²) < 4.78 is 21.4. The molecule has 0 N–H and O–H groups in total. The van der Waals surface area contributed by atoms with Gasteiger partial charge in [0.15, 0.2) is 0 Å². The third-order valence-electron chi connectivity index (χ3n) is 2.93. The number of rotatable bonds is 4. The lowest BCUT2D eigenvalue weighted by molar-refractivity contribution is 0.298. The highest BCUT2D eigenvalue weighted by Crippen LogP contribution is 2.24. The average molecular weight is 347 g/mol. The lowest BCUT2D eigenvalue weighted by Crippen LogP contribution is -2.00. The summed E-state index contributed by atoms with van der Waals surface area (Å²) in [5, 5.41) is 4.38. The number of halogens is 2. The van der Waals surface area contributed by atoms with Crippen molar-refractivity contribution in [3.63, 3.8) is 0 Å². The Morgan fingerprint density at radius 2 is 1.95 bits per heavy atom. The molecule has 2 aromatic carbocycles. The van der Waals surface area contributed by atoms with Gasteiger partial charge in [-0.3, -0.25) is 0 Å². The minimum absolute atomic E-state index is 0.283. The maximum absolute atomic E-state index is 13.2. The Labute approximate surface area is 130 Å². The summed E-state index contributed by atoms with van der Waals surface area (Å²) in [4.78, 5) is 0. The van der Waals surface area contributed by atoms with Gasteiger partial charge in [0.2, 0.25) is 0 Å². The summed E-state index contributed by atoms with van der Waals surface area (Å²) >= 11 is 3.43. The Bertz CT molecular complexity index is 757. The quantitative estimate of drug-likeness (QED) is 0.702. The molecule has 0 unspecified atom stereocenters. The van der Waals surface area contributed by atoms with E-state index in [-0.39, 0.29) is 5.82 Å². The number of hydrogen-bond donors (Lipinski definition) is 0. The number of aromatic nitrogens is 2. The van der Waals surface area contributed by atoms with Crippen LogP contribution >= 0.6 is 15.9 Å². The van der Waals surface area contributed by atoms with E-state index in [2.05, 4.69) is 21.0 Å². The van der Waals surface area contributed by atoms with Crippen molar-refractivity contribution >= 4 is 15.9 Å². The first-order valence-corrected chi connectivity index (χ1v) is 7.19. The Kier molecular flexibility index (Phi) is 4.01. The molecule has 0 bridgehead atoms. The molecule has 0 aliphatic heterocycles. The van der Waals surface area contributed by atoms with Gasteiger partial charge in [-0.2, -0.15) is 5.10 Å². The second-order valence-corrected chi connectivity index (χ2v) is 5.30.